The van der Waals surface area contributed by atoms with Gasteiger partial charge in [0.25, 0.3) is 5.91 Å². The lowest BCUT2D eigenvalue weighted by atomic mass is 9.93. The molecule has 2 aliphatic rings. The molecule has 1 aromatic carbocycles. The molecule has 1 aromatic rings. The van der Waals surface area contributed by atoms with Crippen molar-refractivity contribution < 1.29 is 13.2 Å². The number of hydrogen-bond donors (Lipinski definition) is 0. The summed E-state index contributed by atoms with van der Waals surface area (Å²) in [7, 11) is -3.38. The van der Waals surface area contributed by atoms with Gasteiger partial charge in [0.2, 0.25) is 0 Å². The van der Waals surface area contributed by atoms with E-state index in [-0.39, 0.29) is 27.3 Å². The minimum atomic E-state index is -3.38. The maximum absolute atomic E-state index is 13.3. The molecule has 1 saturated heterocycles. The van der Waals surface area contributed by atoms with Crippen LogP contribution in [0.2, 0.25) is 0 Å². The quantitative estimate of drug-likeness (QED) is 0.537. The highest BCUT2D eigenvalue weighted by Crippen LogP contribution is 2.35. The van der Waals surface area contributed by atoms with Crippen molar-refractivity contribution in [2.45, 2.75) is 41.2 Å². The fourth-order valence-electron chi connectivity index (χ4n) is 3.32. The summed E-state index contributed by atoms with van der Waals surface area (Å²) >= 11 is 7.90. The molecule has 0 saturated carbocycles. The van der Waals surface area contributed by atoms with Crippen molar-refractivity contribution in [1.29, 1.82) is 0 Å². The molecule has 0 bridgehead atoms. The highest BCUT2D eigenvalue weighted by Gasteiger charge is 2.32. The summed E-state index contributed by atoms with van der Waals surface area (Å²) in [5.41, 5.74) is 2.69. The number of benzene rings is 1. The third-order valence-electron chi connectivity index (χ3n) is 4.72. The second-order valence-corrected chi connectivity index (χ2v) is 11.6. The van der Waals surface area contributed by atoms with E-state index in [1.807, 2.05) is 19.9 Å². The number of allylic oxidation sites excluding steroid dienone is 2. The number of hydrogen-bond acceptors (Lipinski definition) is 4. The number of rotatable bonds is 4. The Bertz CT molecular complexity index is 909. The Morgan fingerprint density at radius 2 is 1.85 bits per heavy atom. The molecule has 0 radical (unpaired) electrons. The van der Waals surface area contributed by atoms with Gasteiger partial charge in [-0.1, -0.05) is 32.9 Å². The molecule has 1 heterocycles. The Morgan fingerprint density at radius 3 is 2.44 bits per heavy atom. The van der Waals surface area contributed by atoms with Gasteiger partial charge >= 0.3 is 0 Å². The zero-order chi connectivity index (χ0) is 19.9. The summed E-state index contributed by atoms with van der Waals surface area (Å²) in [6, 6.07) is 4.83. The van der Waals surface area contributed by atoms with Crippen LogP contribution in [-0.4, -0.2) is 49.2 Å². The maximum Gasteiger partial charge on any atom is 0.255 e. The fourth-order valence-corrected chi connectivity index (χ4v) is 5.12. The van der Waals surface area contributed by atoms with E-state index < -0.39 is 9.84 Å². The van der Waals surface area contributed by atoms with Gasteiger partial charge in [-0.05, 0) is 35.3 Å². The highest BCUT2D eigenvalue weighted by atomic mass is 35.5. The summed E-state index contributed by atoms with van der Waals surface area (Å²) in [6.07, 6.45) is 5.33. The van der Waals surface area contributed by atoms with Crippen molar-refractivity contribution >= 4 is 39.1 Å². The standard InChI is InChI=1S/C20H24ClNO3S2/c1-12(2)26-19-6-5-16(27(4,24)25)9-17(19)20(23)22-10-14-7-13(3)18(21)8-15(14)11-22/h5-9,12-13,18H,10-11H2,1-4H3. The van der Waals surface area contributed by atoms with Crippen LogP contribution in [0.4, 0.5) is 0 Å². The minimum absolute atomic E-state index is 0.0561. The monoisotopic (exact) mass is 425 g/mol. The molecule has 4 nitrogen and oxygen atoms in total. The Labute approximate surface area is 170 Å². The predicted molar refractivity (Wildman–Crippen MR) is 111 cm³/mol. The second kappa shape index (κ2) is 7.64. The molecule has 1 amide bonds. The number of thioether (sulfide) groups is 1. The van der Waals surface area contributed by atoms with Crippen LogP contribution < -0.4 is 0 Å². The van der Waals surface area contributed by atoms with Gasteiger partial charge in [0.1, 0.15) is 0 Å². The molecule has 3 rings (SSSR count). The number of likely N-dealkylation sites (tertiary alicyclic amines) is 1. The van der Waals surface area contributed by atoms with E-state index in [9.17, 15) is 13.2 Å². The molecule has 0 N–H and O–H groups in total. The Kier molecular flexibility index (Phi) is 5.80. The van der Waals surface area contributed by atoms with Gasteiger partial charge < -0.3 is 4.90 Å². The number of amides is 1. The van der Waals surface area contributed by atoms with Gasteiger partial charge in [0, 0.05) is 29.5 Å². The minimum Gasteiger partial charge on any atom is -0.330 e. The van der Waals surface area contributed by atoms with E-state index in [1.54, 1.807) is 28.8 Å². The number of carbonyl (C=O) groups is 1. The molecule has 0 spiro atoms. The van der Waals surface area contributed by atoms with Gasteiger partial charge in [-0.25, -0.2) is 8.42 Å². The van der Waals surface area contributed by atoms with Crippen LogP contribution >= 0.6 is 23.4 Å². The maximum atomic E-state index is 13.3. The summed E-state index contributed by atoms with van der Waals surface area (Å²) in [6.45, 7) is 7.20. The Balaban J connectivity index is 1.96. The Hall–Kier alpha value is -1.24. The average molecular weight is 426 g/mol. The van der Waals surface area contributed by atoms with Crippen LogP contribution in [0.3, 0.4) is 0 Å². The van der Waals surface area contributed by atoms with E-state index >= 15 is 0 Å². The molecule has 27 heavy (non-hydrogen) atoms. The molecular formula is C20H24ClNO3S2. The number of fused-ring (bicyclic) bond motifs is 1. The lowest BCUT2D eigenvalue weighted by molar-refractivity contribution is 0.0797. The van der Waals surface area contributed by atoms with Gasteiger partial charge in [-0.15, -0.1) is 23.4 Å². The van der Waals surface area contributed by atoms with Crippen molar-refractivity contribution in [2.75, 3.05) is 19.3 Å². The Morgan fingerprint density at radius 1 is 1.22 bits per heavy atom. The fraction of sp³-hybridized carbons (Fsp3) is 0.450. The summed E-state index contributed by atoms with van der Waals surface area (Å²) in [5, 5.41) is 0.226. The topological polar surface area (TPSA) is 54.5 Å². The highest BCUT2D eigenvalue weighted by molar-refractivity contribution is 8.00. The first-order valence-electron chi connectivity index (χ1n) is 8.92. The van der Waals surface area contributed by atoms with Gasteiger partial charge in [-0.2, -0.15) is 0 Å². The number of nitrogens with zero attached hydrogens (tertiary/aromatic N) is 1. The van der Waals surface area contributed by atoms with E-state index in [2.05, 4.69) is 13.0 Å². The summed E-state index contributed by atoms with van der Waals surface area (Å²) in [4.78, 5) is 16.0. The van der Waals surface area contributed by atoms with Gasteiger partial charge in [0.15, 0.2) is 9.84 Å². The van der Waals surface area contributed by atoms with Gasteiger partial charge in [-0.3, -0.25) is 4.79 Å². The number of halogens is 1. The van der Waals surface area contributed by atoms with Crippen LogP contribution in [0.15, 0.2) is 51.3 Å². The van der Waals surface area contributed by atoms with Crippen LogP contribution in [-0.2, 0) is 9.84 Å². The third kappa shape index (κ3) is 4.44. The molecule has 2 unspecified atom stereocenters. The zero-order valence-corrected chi connectivity index (χ0v) is 18.3. The van der Waals surface area contributed by atoms with Crippen molar-refractivity contribution in [3.8, 4) is 0 Å². The molecule has 1 aliphatic heterocycles. The molecule has 1 fully saturated rings. The van der Waals surface area contributed by atoms with Crippen LogP contribution in [0.1, 0.15) is 31.1 Å². The molecular weight excluding hydrogens is 402 g/mol. The molecule has 7 heteroatoms. The lowest BCUT2D eigenvalue weighted by Gasteiger charge is -2.18. The zero-order valence-electron chi connectivity index (χ0n) is 15.9. The summed E-state index contributed by atoms with van der Waals surface area (Å²) < 4.78 is 24.0. The second-order valence-electron chi connectivity index (χ2n) is 7.45. The molecule has 0 aromatic heterocycles. The van der Waals surface area contributed by atoms with E-state index in [1.165, 1.54) is 6.07 Å². The van der Waals surface area contributed by atoms with Crippen LogP contribution in [0.25, 0.3) is 0 Å². The summed E-state index contributed by atoms with van der Waals surface area (Å²) in [5.74, 6) is 0.0970. The average Bonchev–Trinajstić information content (AvgIpc) is 2.96. The van der Waals surface area contributed by atoms with Gasteiger partial charge in [0.05, 0.1) is 15.8 Å². The smallest absolute Gasteiger partial charge is 0.255 e. The molecule has 146 valence electrons. The first kappa shape index (κ1) is 20.5. The third-order valence-corrected chi connectivity index (χ3v) is 7.44. The largest absolute Gasteiger partial charge is 0.330 e. The normalized spacial score (nSPS) is 22.5. The van der Waals surface area contributed by atoms with Crippen molar-refractivity contribution in [3.63, 3.8) is 0 Å². The number of carbonyl (C=O) groups excluding carboxylic acids is 1. The molecule has 2 atom stereocenters. The SMILES string of the molecule is CC(C)Sc1ccc(S(C)(=O)=O)cc1C(=O)N1CC2=CC(C)C(Cl)C=C2C1. The number of sulfone groups is 1. The van der Waals surface area contributed by atoms with Crippen molar-refractivity contribution in [2.24, 2.45) is 5.92 Å². The first-order valence-corrected chi connectivity index (χ1v) is 12.1. The first-order chi connectivity index (χ1) is 12.6. The van der Waals surface area contributed by atoms with Crippen LogP contribution in [0.5, 0.6) is 0 Å². The molecule has 1 aliphatic carbocycles. The van der Waals surface area contributed by atoms with E-state index in [0.29, 0.717) is 18.7 Å². The van der Waals surface area contributed by atoms with Crippen molar-refractivity contribution in [1.82, 2.24) is 4.90 Å². The van der Waals surface area contributed by atoms with E-state index in [4.69, 9.17) is 11.6 Å². The van der Waals surface area contributed by atoms with Crippen LogP contribution in [0, 0.1) is 5.92 Å². The predicted octanol–water partition coefficient (Wildman–Crippen LogP) is 4.16. The number of alkyl halides is 1. The lowest BCUT2D eigenvalue weighted by Crippen LogP contribution is -2.28. The van der Waals surface area contributed by atoms with E-state index in [0.717, 1.165) is 22.3 Å². The van der Waals surface area contributed by atoms with Crippen molar-refractivity contribution in [3.05, 3.63) is 47.1 Å².